The van der Waals surface area contributed by atoms with E-state index in [-0.39, 0.29) is 11.6 Å². The van der Waals surface area contributed by atoms with Crippen molar-refractivity contribution in [2.45, 2.75) is 31.8 Å². The van der Waals surface area contributed by atoms with Crippen LogP contribution in [0.15, 0.2) is 4.79 Å². The van der Waals surface area contributed by atoms with Gasteiger partial charge in [-0.05, 0) is 19.3 Å². The van der Waals surface area contributed by atoms with Gasteiger partial charge in [0.2, 0.25) is 11.9 Å². The summed E-state index contributed by atoms with van der Waals surface area (Å²) in [5.41, 5.74) is 6.94. The van der Waals surface area contributed by atoms with Crippen LogP contribution in [0.5, 0.6) is 0 Å². The van der Waals surface area contributed by atoms with Crippen LogP contribution in [0, 0.1) is 0 Å². The summed E-state index contributed by atoms with van der Waals surface area (Å²) in [6, 6.07) is 0.167. The molecule has 1 atom stereocenters. The number of anilines is 2. The summed E-state index contributed by atoms with van der Waals surface area (Å²) in [5, 5.41) is 3.16. The number of hydrogen-bond donors (Lipinski definition) is 3. The summed E-state index contributed by atoms with van der Waals surface area (Å²) in [6.07, 6.45) is 3.09. The molecular weight excluding hydrogens is 270 g/mol. The lowest BCUT2D eigenvalue weighted by molar-refractivity contribution is 0.501. The average Bonchev–Trinajstić information content (AvgIpc) is 2.93. The average molecular weight is 289 g/mol. The third kappa shape index (κ3) is 2.06. The molecule has 0 aromatic carbocycles. The lowest BCUT2D eigenvalue weighted by atomic mass is 10.1. The molecule has 0 saturated carbocycles. The number of aromatic amines is 1. The van der Waals surface area contributed by atoms with Gasteiger partial charge in [0.1, 0.15) is 0 Å². The maximum Gasteiger partial charge on any atom is 0.300 e. The first-order valence-corrected chi connectivity index (χ1v) is 7.47. The molecule has 0 radical (unpaired) electrons. The summed E-state index contributed by atoms with van der Waals surface area (Å²) in [4.78, 5) is 26.1. The van der Waals surface area contributed by atoms with Crippen LogP contribution in [0.4, 0.5) is 11.9 Å². The predicted octanol–water partition coefficient (Wildman–Crippen LogP) is -0.137. The van der Waals surface area contributed by atoms with Gasteiger partial charge in [0, 0.05) is 32.2 Å². The molecule has 4 N–H and O–H groups in total. The second-order valence-electron chi connectivity index (χ2n) is 5.78. The molecule has 2 aromatic heterocycles. The minimum Gasteiger partial charge on any atom is -0.355 e. The van der Waals surface area contributed by atoms with E-state index in [9.17, 15) is 4.79 Å². The molecule has 8 heteroatoms. The molecule has 1 saturated heterocycles. The third-order valence-electron chi connectivity index (χ3n) is 4.20. The van der Waals surface area contributed by atoms with Gasteiger partial charge in [-0.15, -0.1) is 0 Å². The largest absolute Gasteiger partial charge is 0.355 e. The molecule has 2 aromatic rings. The van der Waals surface area contributed by atoms with Crippen molar-refractivity contribution >= 4 is 23.1 Å². The number of rotatable bonds is 1. The van der Waals surface area contributed by atoms with E-state index in [1.807, 2.05) is 4.57 Å². The van der Waals surface area contributed by atoms with E-state index in [0.29, 0.717) is 17.1 Å². The molecule has 1 fully saturated rings. The number of hydrogen-bond acceptors (Lipinski definition) is 6. The molecule has 112 valence electrons. The van der Waals surface area contributed by atoms with E-state index < -0.39 is 0 Å². The minimum atomic E-state index is -0.259. The second kappa shape index (κ2) is 4.73. The van der Waals surface area contributed by atoms with Crippen LogP contribution in [0.2, 0.25) is 0 Å². The maximum absolute atomic E-state index is 12.1. The third-order valence-corrected chi connectivity index (χ3v) is 4.20. The number of nitrogens with two attached hydrogens (primary N) is 1. The Labute approximate surface area is 121 Å². The zero-order chi connectivity index (χ0) is 14.4. The van der Waals surface area contributed by atoms with Crippen molar-refractivity contribution in [1.29, 1.82) is 0 Å². The molecule has 0 aliphatic carbocycles. The molecule has 2 aliphatic rings. The van der Waals surface area contributed by atoms with Gasteiger partial charge in [-0.2, -0.15) is 9.97 Å². The number of nitrogens with one attached hydrogen (secondary N) is 2. The highest BCUT2D eigenvalue weighted by molar-refractivity contribution is 5.75. The zero-order valence-electron chi connectivity index (χ0n) is 11.8. The first-order chi connectivity index (χ1) is 10.2. The smallest absolute Gasteiger partial charge is 0.300 e. The Morgan fingerprint density at radius 1 is 1.24 bits per heavy atom. The molecule has 8 nitrogen and oxygen atoms in total. The van der Waals surface area contributed by atoms with Crippen molar-refractivity contribution in [2.75, 3.05) is 29.9 Å². The number of nitrogens with zero attached hydrogens (tertiary/aromatic N) is 4. The number of aromatic nitrogens is 4. The fourth-order valence-corrected chi connectivity index (χ4v) is 3.15. The van der Waals surface area contributed by atoms with Gasteiger partial charge in [0.15, 0.2) is 11.2 Å². The number of H-pyrrole nitrogens is 1. The minimum absolute atomic E-state index is 0.167. The van der Waals surface area contributed by atoms with Gasteiger partial charge in [0.25, 0.3) is 0 Å². The van der Waals surface area contributed by atoms with Crippen LogP contribution in [0.1, 0.15) is 19.3 Å². The molecule has 0 amide bonds. The van der Waals surface area contributed by atoms with Crippen LogP contribution in [0.3, 0.4) is 0 Å². The number of imidazole rings is 1. The standard InChI is InChI=1S/C13H19N7O/c14-8-3-1-5-19(7-8)13-16-9-10(17-13)20-6-2-4-15-12(20)18-11(9)21/h8H,1-7,14H2,(H,16,17)(H,15,18,21)/t8-/m1/s1. The molecule has 0 bridgehead atoms. The van der Waals surface area contributed by atoms with E-state index in [1.165, 1.54) is 0 Å². The van der Waals surface area contributed by atoms with Crippen LogP contribution < -0.4 is 21.5 Å². The fraction of sp³-hybridized carbons (Fsp3) is 0.615. The fourth-order valence-electron chi connectivity index (χ4n) is 3.15. The SMILES string of the molecule is N[C@@H]1CCCN(c2nc3c([nH]2)c(=O)nc2n3CCCN2)C1. The Hall–Kier alpha value is -2.09. The lowest BCUT2D eigenvalue weighted by Crippen LogP contribution is -2.43. The van der Waals surface area contributed by atoms with E-state index in [4.69, 9.17) is 5.73 Å². The molecule has 21 heavy (non-hydrogen) atoms. The van der Waals surface area contributed by atoms with Crippen molar-refractivity contribution < 1.29 is 0 Å². The number of piperidine rings is 1. The van der Waals surface area contributed by atoms with Crippen LogP contribution >= 0.6 is 0 Å². The Balaban J connectivity index is 1.82. The van der Waals surface area contributed by atoms with Crippen LogP contribution in [-0.2, 0) is 6.54 Å². The first-order valence-electron chi connectivity index (χ1n) is 7.47. The van der Waals surface area contributed by atoms with Crippen LogP contribution in [-0.4, -0.2) is 45.2 Å². The summed E-state index contributed by atoms with van der Waals surface area (Å²) >= 11 is 0. The van der Waals surface area contributed by atoms with Gasteiger partial charge >= 0.3 is 5.56 Å². The van der Waals surface area contributed by atoms with Gasteiger partial charge in [-0.1, -0.05) is 0 Å². The van der Waals surface area contributed by atoms with E-state index in [0.717, 1.165) is 51.4 Å². The first kappa shape index (κ1) is 12.6. The zero-order valence-corrected chi connectivity index (χ0v) is 11.8. The van der Waals surface area contributed by atoms with Crippen molar-refractivity contribution in [3.05, 3.63) is 10.4 Å². The Kier molecular flexibility index (Phi) is 2.85. The summed E-state index contributed by atoms with van der Waals surface area (Å²) in [7, 11) is 0. The molecule has 4 heterocycles. The highest BCUT2D eigenvalue weighted by Gasteiger charge is 2.22. The highest BCUT2D eigenvalue weighted by Crippen LogP contribution is 2.21. The van der Waals surface area contributed by atoms with E-state index >= 15 is 0 Å². The molecule has 0 unspecified atom stereocenters. The predicted molar refractivity (Wildman–Crippen MR) is 80.7 cm³/mol. The summed E-state index contributed by atoms with van der Waals surface area (Å²) in [5.74, 6) is 1.35. The van der Waals surface area contributed by atoms with Crippen molar-refractivity contribution in [3.8, 4) is 0 Å². The van der Waals surface area contributed by atoms with E-state index in [1.54, 1.807) is 0 Å². The Morgan fingerprint density at radius 2 is 2.14 bits per heavy atom. The van der Waals surface area contributed by atoms with Crippen molar-refractivity contribution in [3.63, 3.8) is 0 Å². The lowest BCUT2D eigenvalue weighted by Gasteiger charge is -2.30. The maximum atomic E-state index is 12.1. The monoisotopic (exact) mass is 289 g/mol. The Morgan fingerprint density at radius 3 is 3.00 bits per heavy atom. The number of aryl methyl sites for hydroxylation is 1. The molecular formula is C13H19N7O. The molecule has 0 spiro atoms. The topological polar surface area (TPSA) is 105 Å². The molecule has 4 rings (SSSR count). The normalized spacial score (nSPS) is 22.1. The van der Waals surface area contributed by atoms with Gasteiger partial charge in [-0.3, -0.25) is 9.36 Å². The summed E-state index contributed by atoms with van der Waals surface area (Å²) in [6.45, 7) is 3.36. The van der Waals surface area contributed by atoms with Gasteiger partial charge < -0.3 is 20.9 Å². The van der Waals surface area contributed by atoms with Gasteiger partial charge in [-0.25, -0.2) is 0 Å². The van der Waals surface area contributed by atoms with Crippen molar-refractivity contribution in [2.24, 2.45) is 5.73 Å². The number of fused-ring (bicyclic) bond motifs is 3. The second-order valence-corrected chi connectivity index (χ2v) is 5.78. The summed E-state index contributed by atoms with van der Waals surface area (Å²) < 4.78 is 1.98. The Bertz CT molecular complexity index is 734. The van der Waals surface area contributed by atoms with Gasteiger partial charge in [0.05, 0.1) is 0 Å². The van der Waals surface area contributed by atoms with Crippen molar-refractivity contribution in [1.82, 2.24) is 19.5 Å². The molecule has 2 aliphatic heterocycles. The highest BCUT2D eigenvalue weighted by atomic mass is 16.1. The quantitative estimate of drug-likeness (QED) is 0.675. The van der Waals surface area contributed by atoms with E-state index in [2.05, 4.69) is 25.2 Å². The van der Waals surface area contributed by atoms with Crippen LogP contribution in [0.25, 0.3) is 11.2 Å².